The molecule has 4 heterocycles. The summed E-state index contributed by atoms with van der Waals surface area (Å²) in [5, 5.41) is 144. The number of rotatable bonds is 13. The van der Waals surface area contributed by atoms with Crippen molar-refractivity contribution in [3.63, 3.8) is 0 Å². The lowest BCUT2D eigenvalue weighted by atomic mass is 9.97. The van der Waals surface area contributed by atoms with Gasteiger partial charge in [-0.05, 0) is 18.2 Å². The molecule has 0 spiro atoms. The lowest BCUT2D eigenvalue weighted by molar-refractivity contribution is -0.353. The van der Waals surface area contributed by atoms with E-state index in [-0.39, 0.29) is 28.4 Å². The summed E-state index contributed by atoms with van der Waals surface area (Å²) >= 11 is 0. The van der Waals surface area contributed by atoms with Crippen LogP contribution in [0.2, 0.25) is 0 Å². The van der Waals surface area contributed by atoms with Gasteiger partial charge in [-0.25, -0.2) is 0 Å². The Bertz CT molecular complexity index is 1870. The number of phenols is 2. The molecule has 2 aromatic carbocycles. The number of carbonyl (C=O) groups is 2. The summed E-state index contributed by atoms with van der Waals surface area (Å²) in [5.74, 6) is -5.05. The van der Waals surface area contributed by atoms with Crippen molar-refractivity contribution in [2.75, 3.05) is 19.8 Å². The van der Waals surface area contributed by atoms with Crippen LogP contribution in [0.1, 0.15) is 23.7 Å². The van der Waals surface area contributed by atoms with Gasteiger partial charge >= 0.3 is 11.9 Å². The smallest absolute Gasteiger partial charge is 0.317 e. The van der Waals surface area contributed by atoms with Crippen LogP contribution >= 0.6 is 0 Å². The molecule has 6 rings (SSSR count). The first-order valence-electron chi connectivity index (χ1n) is 18.2. The summed E-state index contributed by atoms with van der Waals surface area (Å²) in [4.78, 5) is 23.0. The standard InChI is InChI=1S/C36H44O24/c37-8-19-24(45)27(48)29(50)34(57-19)56-17-2-1-11(3-15(17)40)32-16(41)6-13-14(39)4-12(5-18(13)55-32)54-36-31(52)33(26(47)21(59-36)10-53-23(44)7-22(42)43)60-35-30(51)28(49)25(46)20(9-38)58-35/h1-6,19-21,24-41,45-52H,7-10H2,(H,42,43). The second-order valence-corrected chi connectivity index (χ2v) is 14.2. The van der Waals surface area contributed by atoms with E-state index in [0.29, 0.717) is 0 Å². The fourth-order valence-electron chi connectivity index (χ4n) is 6.75. The van der Waals surface area contributed by atoms with Gasteiger partial charge in [-0.3, -0.25) is 9.59 Å². The topological polar surface area (TPSA) is 391 Å². The van der Waals surface area contributed by atoms with Gasteiger partial charge in [0.2, 0.25) is 12.6 Å². The lowest BCUT2D eigenvalue weighted by Crippen LogP contribution is -2.65. The maximum Gasteiger partial charge on any atom is 0.317 e. The second kappa shape index (κ2) is 18.5. The number of esters is 1. The molecule has 24 heteroatoms. The quantitative estimate of drug-likeness (QED) is 0.0665. The Labute approximate surface area is 337 Å². The number of aromatic hydroxyl groups is 2. The van der Waals surface area contributed by atoms with E-state index >= 15 is 0 Å². The van der Waals surface area contributed by atoms with Gasteiger partial charge in [-0.15, -0.1) is 0 Å². The monoisotopic (exact) mass is 860 g/mol. The van der Waals surface area contributed by atoms with Crippen molar-refractivity contribution >= 4 is 18.0 Å². The minimum atomic E-state index is -2.03. The molecule has 4 aliphatic heterocycles. The van der Waals surface area contributed by atoms with Crippen LogP contribution in [0.25, 0.3) is 6.08 Å². The number of aliphatic hydroxyl groups is 11. The van der Waals surface area contributed by atoms with Gasteiger partial charge in [-0.1, -0.05) is 6.07 Å². The summed E-state index contributed by atoms with van der Waals surface area (Å²) in [6, 6.07) is 5.83. The van der Waals surface area contributed by atoms with Crippen molar-refractivity contribution < 1.29 is 119 Å². The van der Waals surface area contributed by atoms with Crippen molar-refractivity contribution in [1.29, 1.82) is 0 Å². The Balaban J connectivity index is 1.21. The second-order valence-electron chi connectivity index (χ2n) is 14.2. The molecular formula is C36H44O24. The van der Waals surface area contributed by atoms with Crippen LogP contribution in [0.5, 0.6) is 28.7 Å². The molecule has 14 N–H and O–H groups in total. The molecule has 24 nitrogen and oxygen atoms in total. The first-order chi connectivity index (χ1) is 28.4. The van der Waals surface area contributed by atoms with Gasteiger partial charge < -0.3 is 109 Å². The van der Waals surface area contributed by atoms with Gasteiger partial charge in [0.15, 0.2) is 23.9 Å². The number of ether oxygens (including phenoxy) is 8. The zero-order chi connectivity index (χ0) is 43.7. The summed E-state index contributed by atoms with van der Waals surface area (Å²) < 4.78 is 44.1. The predicted octanol–water partition coefficient (Wildman–Crippen LogP) is -4.66. The molecule has 2 aromatic rings. The Morgan fingerprint density at radius 1 is 0.650 bits per heavy atom. The minimum absolute atomic E-state index is 0.0597. The Kier molecular flexibility index (Phi) is 13.9. The Hall–Kier alpha value is -4.64. The molecule has 0 amide bonds. The number of carboxylic acid groups (broad SMARTS) is 1. The number of carbonyl (C=O) groups excluding carboxylic acids is 1. The number of benzene rings is 2. The van der Waals surface area contributed by atoms with E-state index in [1.807, 2.05) is 0 Å². The molecule has 332 valence electrons. The van der Waals surface area contributed by atoms with E-state index in [2.05, 4.69) is 0 Å². The Morgan fingerprint density at radius 2 is 1.25 bits per heavy atom. The number of hydrogen-bond donors (Lipinski definition) is 14. The average molecular weight is 861 g/mol. The third kappa shape index (κ3) is 9.31. The van der Waals surface area contributed by atoms with Crippen LogP contribution < -0.4 is 14.2 Å². The molecule has 3 fully saturated rings. The fourth-order valence-corrected chi connectivity index (χ4v) is 6.75. The number of phenolic OH excluding ortho intramolecular Hbond substituents is 2. The fraction of sp³-hybridized carbons (Fsp3) is 0.556. The zero-order valence-corrected chi connectivity index (χ0v) is 30.9. The maximum absolute atomic E-state index is 12.0. The highest BCUT2D eigenvalue weighted by Crippen LogP contribution is 2.45. The molecule has 0 radical (unpaired) electrons. The van der Waals surface area contributed by atoms with Crippen molar-refractivity contribution in [3.8, 4) is 28.7 Å². The van der Waals surface area contributed by atoms with Crippen LogP contribution in [0.15, 0.2) is 36.1 Å². The van der Waals surface area contributed by atoms with Gasteiger partial charge in [0.05, 0.1) is 18.8 Å². The zero-order valence-electron chi connectivity index (χ0n) is 30.9. The van der Waals surface area contributed by atoms with E-state index < -0.39 is 154 Å². The third-order valence-corrected chi connectivity index (χ3v) is 10.0. The van der Waals surface area contributed by atoms with E-state index in [1.54, 1.807) is 0 Å². The summed E-state index contributed by atoms with van der Waals surface area (Å²) in [6.45, 7) is -2.41. The summed E-state index contributed by atoms with van der Waals surface area (Å²) in [6.07, 6.45) is -27.8. The first kappa shape index (κ1) is 44.9. The molecule has 0 saturated carbocycles. The number of aliphatic hydroxyl groups excluding tert-OH is 11. The number of aliphatic carboxylic acids is 1. The van der Waals surface area contributed by atoms with Gasteiger partial charge in [0.25, 0.3) is 0 Å². The molecule has 0 bridgehead atoms. The van der Waals surface area contributed by atoms with Crippen LogP contribution in [-0.4, -0.2) is 195 Å². The molecule has 60 heavy (non-hydrogen) atoms. The van der Waals surface area contributed by atoms with Crippen LogP contribution in [-0.2, 0) is 33.3 Å². The highest BCUT2D eigenvalue weighted by Gasteiger charge is 2.52. The van der Waals surface area contributed by atoms with Crippen LogP contribution in [0, 0.1) is 0 Å². The van der Waals surface area contributed by atoms with Gasteiger partial charge in [0, 0.05) is 17.7 Å². The van der Waals surface area contributed by atoms with E-state index in [4.69, 9.17) is 43.0 Å². The largest absolute Gasteiger partial charge is 0.508 e. The summed E-state index contributed by atoms with van der Waals surface area (Å²) in [7, 11) is 0. The molecule has 0 aromatic heterocycles. The van der Waals surface area contributed by atoms with E-state index in [0.717, 1.165) is 18.2 Å². The van der Waals surface area contributed by atoms with Crippen LogP contribution in [0.4, 0.5) is 0 Å². The third-order valence-electron chi connectivity index (χ3n) is 10.0. The minimum Gasteiger partial charge on any atom is -0.508 e. The van der Waals surface area contributed by atoms with Crippen LogP contribution in [0.3, 0.4) is 0 Å². The molecule has 4 aliphatic rings. The molecule has 3 saturated heterocycles. The Morgan fingerprint density at radius 3 is 1.87 bits per heavy atom. The van der Waals surface area contributed by atoms with E-state index in [9.17, 15) is 76.0 Å². The maximum atomic E-state index is 12.0. The van der Waals surface area contributed by atoms with Gasteiger partial charge in [0.1, 0.15) is 109 Å². The van der Waals surface area contributed by atoms with Crippen molar-refractivity contribution in [2.45, 2.75) is 105 Å². The van der Waals surface area contributed by atoms with Gasteiger partial charge in [-0.2, -0.15) is 0 Å². The van der Waals surface area contributed by atoms with Crippen molar-refractivity contribution in [1.82, 2.24) is 0 Å². The lowest BCUT2D eigenvalue weighted by Gasteiger charge is -2.46. The number of hydrogen-bond acceptors (Lipinski definition) is 23. The number of carboxylic acids is 1. The highest BCUT2D eigenvalue weighted by molar-refractivity contribution is 5.90. The van der Waals surface area contributed by atoms with Crippen molar-refractivity contribution in [2.24, 2.45) is 0 Å². The number of fused-ring (bicyclic) bond motifs is 1. The average Bonchev–Trinajstić information content (AvgIpc) is 3.20. The normalized spacial score (nSPS) is 36.6. The molecule has 0 aliphatic carbocycles. The van der Waals surface area contributed by atoms with Crippen molar-refractivity contribution in [3.05, 3.63) is 47.2 Å². The molecule has 16 atom stereocenters. The summed E-state index contributed by atoms with van der Waals surface area (Å²) in [5.41, 5.74) is 0.0443. The molecular weight excluding hydrogens is 816 g/mol. The molecule has 16 unspecified atom stereocenters. The SMILES string of the molecule is O=C(O)CC(=O)OCC1OC(Oc2cc(O)c3c(c2)OC(c2ccc(OC4OC(CO)C(O)C(O)C4O)c(O)c2)C(O)=C3)C(O)C(OC2OC(CO)C(O)C(O)C2O)C1O. The highest BCUT2D eigenvalue weighted by atomic mass is 16.7. The predicted molar refractivity (Wildman–Crippen MR) is 188 cm³/mol. The first-order valence-corrected chi connectivity index (χ1v) is 18.2. The van der Waals surface area contributed by atoms with E-state index in [1.165, 1.54) is 18.2 Å².